The number of hydrogen-bond donors (Lipinski definition) is 0. The number of methoxy groups -OCH3 is 1. The van der Waals surface area contributed by atoms with Crippen molar-refractivity contribution in [3.8, 4) is 5.75 Å². The third-order valence-electron chi connectivity index (χ3n) is 9.02. The Labute approximate surface area is 252 Å². The highest BCUT2D eigenvalue weighted by molar-refractivity contribution is 5.95. The molecule has 0 radical (unpaired) electrons. The van der Waals surface area contributed by atoms with E-state index in [0.29, 0.717) is 36.9 Å². The molecule has 3 aromatic carbocycles. The first-order valence-electron chi connectivity index (χ1n) is 15.1. The molecule has 43 heavy (non-hydrogen) atoms. The van der Waals surface area contributed by atoms with Crippen molar-refractivity contribution in [1.29, 1.82) is 0 Å². The third-order valence-corrected chi connectivity index (χ3v) is 9.02. The van der Waals surface area contributed by atoms with Crippen LogP contribution in [0.25, 0.3) is 0 Å². The van der Waals surface area contributed by atoms with Crippen molar-refractivity contribution in [2.45, 2.75) is 37.9 Å². The number of nitrogens with zero attached hydrogens (tertiary/aromatic N) is 2. The molecule has 2 atom stereocenters. The van der Waals surface area contributed by atoms with Gasteiger partial charge in [0.15, 0.2) is 0 Å². The number of carbonyl (C=O) groups excluding carboxylic acids is 3. The molecule has 8 nitrogen and oxygen atoms in total. The first-order valence-corrected chi connectivity index (χ1v) is 15.1. The number of amides is 1. The SMILES string of the molecule is COC(=O)C1CN(C(=O)c2ccc(COc3cccc([C@@H](CC(=O)O[C@H]4CN5CCC4CC5)c4ccccc4)c3)cc2)C1. The lowest BCUT2D eigenvalue weighted by Crippen LogP contribution is -2.53. The Hall–Kier alpha value is -4.17. The number of benzene rings is 3. The van der Waals surface area contributed by atoms with Gasteiger partial charge in [0.1, 0.15) is 18.5 Å². The zero-order chi connectivity index (χ0) is 29.8. The highest BCUT2D eigenvalue weighted by atomic mass is 16.5. The van der Waals surface area contributed by atoms with Crippen LogP contribution in [-0.2, 0) is 25.7 Å². The van der Waals surface area contributed by atoms with Gasteiger partial charge >= 0.3 is 11.9 Å². The van der Waals surface area contributed by atoms with Gasteiger partial charge in [0.05, 0.1) is 19.4 Å². The molecule has 4 aliphatic heterocycles. The van der Waals surface area contributed by atoms with Gasteiger partial charge in [-0.2, -0.15) is 0 Å². The normalized spacial score (nSPS) is 21.9. The zero-order valence-electron chi connectivity index (χ0n) is 24.5. The standard InChI is InChI=1S/C35H38N2O6/c1-41-35(40)29-20-37(21-29)34(39)27-12-10-24(11-13-27)23-42-30-9-5-8-28(18-30)31(25-6-3-2-4-7-25)19-33(38)43-32-22-36-16-14-26(32)15-17-36/h2-13,18,26,29,31-32H,14-17,19-23H2,1H3/t31-,32-/m0/s1. The summed E-state index contributed by atoms with van der Waals surface area (Å²) >= 11 is 0. The van der Waals surface area contributed by atoms with Gasteiger partial charge in [0.2, 0.25) is 0 Å². The van der Waals surface area contributed by atoms with Crippen LogP contribution in [0, 0.1) is 11.8 Å². The van der Waals surface area contributed by atoms with Gasteiger partial charge < -0.3 is 19.1 Å². The van der Waals surface area contributed by atoms with Crippen LogP contribution in [0.2, 0.25) is 0 Å². The van der Waals surface area contributed by atoms with Crippen LogP contribution in [0.1, 0.15) is 52.2 Å². The largest absolute Gasteiger partial charge is 0.489 e. The molecule has 4 saturated heterocycles. The molecule has 0 N–H and O–H groups in total. The smallest absolute Gasteiger partial charge is 0.312 e. The second-order valence-corrected chi connectivity index (χ2v) is 11.8. The minimum Gasteiger partial charge on any atom is -0.489 e. The van der Waals surface area contributed by atoms with Gasteiger partial charge in [-0.3, -0.25) is 19.3 Å². The van der Waals surface area contributed by atoms with E-state index in [1.807, 2.05) is 54.6 Å². The molecular weight excluding hydrogens is 544 g/mol. The number of piperidine rings is 3. The molecule has 7 rings (SSSR count). The van der Waals surface area contributed by atoms with Crippen molar-refractivity contribution in [3.63, 3.8) is 0 Å². The molecule has 0 spiro atoms. The van der Waals surface area contributed by atoms with E-state index in [1.54, 1.807) is 17.0 Å². The van der Waals surface area contributed by atoms with Gasteiger partial charge in [-0.15, -0.1) is 0 Å². The summed E-state index contributed by atoms with van der Waals surface area (Å²) in [5.41, 5.74) is 3.56. The Kier molecular flexibility index (Phi) is 8.74. The molecule has 4 heterocycles. The molecule has 4 aliphatic rings. The minimum atomic E-state index is -0.278. The topological polar surface area (TPSA) is 85.4 Å². The molecular formula is C35H38N2O6. The van der Waals surface area contributed by atoms with E-state index >= 15 is 0 Å². The lowest BCUT2D eigenvalue weighted by Gasteiger charge is -2.44. The van der Waals surface area contributed by atoms with Gasteiger partial charge in [-0.25, -0.2) is 0 Å². The van der Waals surface area contributed by atoms with E-state index in [-0.39, 0.29) is 42.2 Å². The van der Waals surface area contributed by atoms with Crippen LogP contribution in [0.4, 0.5) is 0 Å². The molecule has 8 heteroatoms. The van der Waals surface area contributed by atoms with Crippen molar-refractivity contribution < 1.29 is 28.6 Å². The Bertz CT molecular complexity index is 1430. The highest BCUT2D eigenvalue weighted by Gasteiger charge is 2.38. The van der Waals surface area contributed by atoms with Crippen LogP contribution >= 0.6 is 0 Å². The van der Waals surface area contributed by atoms with E-state index < -0.39 is 0 Å². The van der Waals surface area contributed by atoms with Crippen molar-refractivity contribution >= 4 is 17.8 Å². The summed E-state index contributed by atoms with van der Waals surface area (Å²) in [5, 5.41) is 0. The number of ether oxygens (including phenoxy) is 3. The third kappa shape index (κ3) is 6.75. The second kappa shape index (κ2) is 13.0. The molecule has 224 valence electrons. The summed E-state index contributed by atoms with van der Waals surface area (Å²) < 4.78 is 16.9. The van der Waals surface area contributed by atoms with E-state index in [2.05, 4.69) is 17.0 Å². The summed E-state index contributed by atoms with van der Waals surface area (Å²) in [7, 11) is 1.36. The summed E-state index contributed by atoms with van der Waals surface area (Å²) in [6.07, 6.45) is 2.47. The number of hydrogen-bond acceptors (Lipinski definition) is 7. The van der Waals surface area contributed by atoms with Crippen LogP contribution in [0.15, 0.2) is 78.9 Å². The van der Waals surface area contributed by atoms with Gasteiger partial charge in [-0.05, 0) is 72.8 Å². The van der Waals surface area contributed by atoms with Crippen LogP contribution in [0.5, 0.6) is 5.75 Å². The lowest BCUT2D eigenvalue weighted by atomic mass is 9.85. The predicted octanol–water partition coefficient (Wildman–Crippen LogP) is 4.67. The molecule has 0 aromatic heterocycles. The molecule has 0 aliphatic carbocycles. The Morgan fingerprint density at radius 2 is 1.58 bits per heavy atom. The first kappa shape index (κ1) is 28.9. The predicted molar refractivity (Wildman–Crippen MR) is 161 cm³/mol. The van der Waals surface area contributed by atoms with E-state index in [1.165, 1.54) is 7.11 Å². The number of rotatable bonds is 10. The second-order valence-electron chi connectivity index (χ2n) is 11.8. The summed E-state index contributed by atoms with van der Waals surface area (Å²) in [4.78, 5) is 41.6. The van der Waals surface area contributed by atoms with E-state index in [0.717, 1.165) is 49.2 Å². The fourth-order valence-electron chi connectivity index (χ4n) is 6.42. The Balaban J connectivity index is 1.08. The van der Waals surface area contributed by atoms with Crippen LogP contribution in [-0.4, -0.2) is 73.6 Å². The van der Waals surface area contributed by atoms with E-state index in [9.17, 15) is 14.4 Å². The summed E-state index contributed by atoms with van der Waals surface area (Å²) in [6.45, 7) is 4.17. The van der Waals surface area contributed by atoms with Gasteiger partial charge in [-0.1, -0.05) is 54.6 Å². The van der Waals surface area contributed by atoms with E-state index in [4.69, 9.17) is 14.2 Å². The van der Waals surface area contributed by atoms with Gasteiger partial charge in [0, 0.05) is 31.1 Å². The maximum atomic E-state index is 13.2. The maximum Gasteiger partial charge on any atom is 0.312 e. The summed E-state index contributed by atoms with van der Waals surface area (Å²) in [6, 6.07) is 25.3. The fraction of sp³-hybridized carbons (Fsp3) is 0.400. The molecule has 2 bridgehead atoms. The Morgan fingerprint density at radius 3 is 2.26 bits per heavy atom. The number of fused-ring (bicyclic) bond motifs is 3. The monoisotopic (exact) mass is 582 g/mol. The first-order chi connectivity index (χ1) is 21.0. The minimum absolute atomic E-state index is 0.00884. The number of carbonyl (C=O) groups is 3. The Morgan fingerprint density at radius 1 is 0.860 bits per heavy atom. The molecule has 3 aromatic rings. The zero-order valence-corrected chi connectivity index (χ0v) is 24.5. The van der Waals surface area contributed by atoms with Gasteiger partial charge in [0.25, 0.3) is 5.91 Å². The average Bonchev–Trinajstić information content (AvgIpc) is 3.03. The number of likely N-dealkylation sites (tertiary alicyclic amines) is 1. The lowest BCUT2D eigenvalue weighted by molar-refractivity contribution is -0.159. The quantitative estimate of drug-likeness (QED) is 0.321. The molecule has 4 fully saturated rings. The van der Waals surface area contributed by atoms with Crippen molar-refractivity contribution in [2.24, 2.45) is 11.8 Å². The maximum absolute atomic E-state index is 13.2. The molecule has 0 unspecified atom stereocenters. The molecule has 0 saturated carbocycles. The number of esters is 2. The fourth-order valence-corrected chi connectivity index (χ4v) is 6.42. The average molecular weight is 583 g/mol. The summed E-state index contributed by atoms with van der Waals surface area (Å²) in [5.74, 6) is 0.257. The van der Waals surface area contributed by atoms with Crippen LogP contribution in [0.3, 0.4) is 0 Å². The van der Waals surface area contributed by atoms with Crippen molar-refractivity contribution in [2.75, 3.05) is 39.8 Å². The molecule has 1 amide bonds. The van der Waals surface area contributed by atoms with Crippen molar-refractivity contribution in [3.05, 3.63) is 101 Å². The van der Waals surface area contributed by atoms with Crippen molar-refractivity contribution in [1.82, 2.24) is 9.80 Å². The highest BCUT2D eigenvalue weighted by Crippen LogP contribution is 2.33. The van der Waals surface area contributed by atoms with Crippen LogP contribution < -0.4 is 4.74 Å².